The van der Waals surface area contributed by atoms with Gasteiger partial charge < -0.3 is 4.74 Å². The van der Waals surface area contributed by atoms with Gasteiger partial charge in [-0.05, 0) is 30.0 Å². The quantitative estimate of drug-likeness (QED) is 0.367. The molecule has 98 valence electrons. The predicted octanol–water partition coefficient (Wildman–Crippen LogP) is 2.37. The summed E-state index contributed by atoms with van der Waals surface area (Å²) >= 11 is 3.44. The number of ether oxygens (including phenoxy) is 1. The van der Waals surface area contributed by atoms with Crippen LogP contribution < -0.4 is 11.3 Å². The lowest BCUT2D eigenvalue weighted by molar-refractivity contribution is 0.0953. The van der Waals surface area contributed by atoms with E-state index >= 15 is 0 Å². The van der Waals surface area contributed by atoms with E-state index in [0.717, 1.165) is 29.0 Å². The van der Waals surface area contributed by atoms with Crippen molar-refractivity contribution < 1.29 is 9.53 Å². The first-order valence-corrected chi connectivity index (χ1v) is 6.87. The molecule has 0 radical (unpaired) electrons. The molecule has 1 aliphatic rings. The molecule has 1 aliphatic carbocycles. The van der Waals surface area contributed by atoms with E-state index in [0.29, 0.717) is 12.2 Å². The van der Waals surface area contributed by atoms with Crippen molar-refractivity contribution in [2.75, 3.05) is 6.61 Å². The standard InChI is InChI=1S/C13H17BrN2O2/c14-12-7-10(13(17)16-15)3-4-11(12)8-18-6-5-9-1-2-9/h3-4,7,9H,1-2,5-6,8,15H2,(H,16,17). The molecule has 1 aromatic rings. The number of hydrazine groups is 1. The number of hydrogen-bond donors (Lipinski definition) is 2. The fourth-order valence-electron chi connectivity index (χ4n) is 1.73. The molecule has 1 amide bonds. The van der Waals surface area contributed by atoms with E-state index in [-0.39, 0.29) is 5.91 Å². The van der Waals surface area contributed by atoms with Gasteiger partial charge in [-0.2, -0.15) is 0 Å². The topological polar surface area (TPSA) is 64.3 Å². The zero-order valence-electron chi connectivity index (χ0n) is 10.1. The van der Waals surface area contributed by atoms with Crippen LogP contribution in [0.1, 0.15) is 35.2 Å². The Morgan fingerprint density at radius 2 is 2.28 bits per heavy atom. The third-order valence-corrected chi connectivity index (χ3v) is 3.81. The largest absolute Gasteiger partial charge is 0.377 e. The van der Waals surface area contributed by atoms with Gasteiger partial charge in [-0.3, -0.25) is 10.2 Å². The van der Waals surface area contributed by atoms with Crippen LogP contribution in [0.15, 0.2) is 22.7 Å². The molecular formula is C13H17BrN2O2. The summed E-state index contributed by atoms with van der Waals surface area (Å²) in [6.45, 7) is 1.37. The smallest absolute Gasteiger partial charge is 0.265 e. The summed E-state index contributed by atoms with van der Waals surface area (Å²) in [6, 6.07) is 5.38. The zero-order chi connectivity index (χ0) is 13.0. The number of carbonyl (C=O) groups is 1. The highest BCUT2D eigenvalue weighted by Crippen LogP contribution is 2.32. The van der Waals surface area contributed by atoms with E-state index in [1.54, 1.807) is 12.1 Å². The fraction of sp³-hybridized carbons (Fsp3) is 0.462. The molecule has 0 heterocycles. The number of rotatable bonds is 6. The number of amides is 1. The second-order valence-electron chi connectivity index (χ2n) is 4.56. The lowest BCUT2D eigenvalue weighted by atomic mass is 10.1. The number of nitrogens with two attached hydrogens (primary N) is 1. The van der Waals surface area contributed by atoms with Crippen LogP contribution in [0.4, 0.5) is 0 Å². The molecule has 0 saturated heterocycles. The van der Waals surface area contributed by atoms with Gasteiger partial charge in [-0.15, -0.1) is 0 Å². The summed E-state index contributed by atoms with van der Waals surface area (Å²) in [5, 5.41) is 0. The second kappa shape index (κ2) is 6.31. The first-order chi connectivity index (χ1) is 8.70. The maximum Gasteiger partial charge on any atom is 0.265 e. The minimum absolute atomic E-state index is 0.295. The Bertz CT molecular complexity index is 433. The molecule has 18 heavy (non-hydrogen) atoms. The van der Waals surface area contributed by atoms with Gasteiger partial charge in [0.15, 0.2) is 0 Å². The van der Waals surface area contributed by atoms with E-state index in [4.69, 9.17) is 10.6 Å². The molecule has 1 saturated carbocycles. The van der Waals surface area contributed by atoms with Crippen LogP contribution in [0.2, 0.25) is 0 Å². The Kier molecular flexibility index (Phi) is 4.74. The van der Waals surface area contributed by atoms with Gasteiger partial charge in [0, 0.05) is 16.6 Å². The lowest BCUT2D eigenvalue weighted by Gasteiger charge is -2.08. The highest BCUT2D eigenvalue weighted by molar-refractivity contribution is 9.10. The number of hydrogen-bond acceptors (Lipinski definition) is 3. The van der Waals surface area contributed by atoms with Gasteiger partial charge >= 0.3 is 0 Å². The highest BCUT2D eigenvalue weighted by atomic mass is 79.9. The number of nitrogens with one attached hydrogen (secondary N) is 1. The van der Waals surface area contributed by atoms with Crippen LogP contribution >= 0.6 is 15.9 Å². The average molecular weight is 313 g/mol. The van der Waals surface area contributed by atoms with Crippen LogP contribution in [0.5, 0.6) is 0 Å². The fourth-order valence-corrected chi connectivity index (χ4v) is 2.22. The summed E-state index contributed by atoms with van der Waals surface area (Å²) in [5.74, 6) is 5.68. The van der Waals surface area contributed by atoms with Crippen molar-refractivity contribution in [1.82, 2.24) is 5.43 Å². The van der Waals surface area contributed by atoms with Gasteiger partial charge in [0.25, 0.3) is 5.91 Å². The highest BCUT2D eigenvalue weighted by Gasteiger charge is 2.20. The van der Waals surface area contributed by atoms with Crippen molar-refractivity contribution in [2.24, 2.45) is 11.8 Å². The maximum atomic E-state index is 11.3. The van der Waals surface area contributed by atoms with E-state index < -0.39 is 0 Å². The summed E-state index contributed by atoms with van der Waals surface area (Å²) in [7, 11) is 0. The Labute approximate surface area is 115 Å². The average Bonchev–Trinajstić information content (AvgIpc) is 3.19. The lowest BCUT2D eigenvalue weighted by Crippen LogP contribution is -2.29. The second-order valence-corrected chi connectivity index (χ2v) is 5.42. The molecule has 3 N–H and O–H groups in total. The van der Waals surface area contributed by atoms with E-state index in [1.807, 2.05) is 6.07 Å². The van der Waals surface area contributed by atoms with Crippen molar-refractivity contribution >= 4 is 21.8 Å². The van der Waals surface area contributed by atoms with Gasteiger partial charge in [0.1, 0.15) is 0 Å². The van der Waals surface area contributed by atoms with Gasteiger partial charge in [-0.1, -0.05) is 34.8 Å². The summed E-state index contributed by atoms with van der Waals surface area (Å²) < 4.78 is 6.49. The number of halogens is 1. The molecule has 0 bridgehead atoms. The van der Waals surface area contributed by atoms with Gasteiger partial charge in [-0.25, -0.2) is 5.84 Å². The molecule has 2 rings (SSSR count). The van der Waals surface area contributed by atoms with E-state index in [9.17, 15) is 4.79 Å². The third kappa shape index (κ3) is 3.80. The maximum absolute atomic E-state index is 11.3. The number of carbonyl (C=O) groups excluding carboxylic acids is 1. The third-order valence-electron chi connectivity index (χ3n) is 3.07. The normalized spacial score (nSPS) is 14.6. The molecule has 0 aromatic heterocycles. The molecule has 0 spiro atoms. The van der Waals surface area contributed by atoms with Crippen LogP contribution in [0, 0.1) is 5.92 Å². The Morgan fingerprint density at radius 3 is 2.89 bits per heavy atom. The number of nitrogen functional groups attached to an aromatic ring is 1. The van der Waals surface area contributed by atoms with Crippen molar-refractivity contribution in [3.63, 3.8) is 0 Å². The Hall–Kier alpha value is -0.910. The number of benzene rings is 1. The molecular weight excluding hydrogens is 296 g/mol. The van der Waals surface area contributed by atoms with E-state index in [1.165, 1.54) is 12.8 Å². The molecule has 0 atom stereocenters. The minimum atomic E-state index is -0.295. The molecule has 4 nitrogen and oxygen atoms in total. The molecule has 1 aromatic carbocycles. The minimum Gasteiger partial charge on any atom is -0.377 e. The molecule has 0 aliphatic heterocycles. The monoisotopic (exact) mass is 312 g/mol. The first kappa shape index (κ1) is 13.5. The summed E-state index contributed by atoms with van der Waals surface area (Å²) in [6.07, 6.45) is 3.87. The summed E-state index contributed by atoms with van der Waals surface area (Å²) in [5.41, 5.74) is 3.68. The van der Waals surface area contributed by atoms with Crippen LogP contribution in [-0.2, 0) is 11.3 Å². The summed E-state index contributed by atoms with van der Waals surface area (Å²) in [4.78, 5) is 11.3. The Morgan fingerprint density at radius 1 is 1.50 bits per heavy atom. The SMILES string of the molecule is NNC(=O)c1ccc(COCCC2CC2)c(Br)c1. The van der Waals surface area contributed by atoms with Crippen molar-refractivity contribution in [2.45, 2.75) is 25.9 Å². The predicted molar refractivity (Wildman–Crippen MR) is 72.8 cm³/mol. The van der Waals surface area contributed by atoms with Crippen LogP contribution in [0.25, 0.3) is 0 Å². The Balaban J connectivity index is 1.85. The van der Waals surface area contributed by atoms with Crippen molar-refractivity contribution in [3.05, 3.63) is 33.8 Å². The van der Waals surface area contributed by atoms with Crippen molar-refractivity contribution in [1.29, 1.82) is 0 Å². The van der Waals surface area contributed by atoms with Crippen molar-refractivity contribution in [3.8, 4) is 0 Å². The molecule has 0 unspecified atom stereocenters. The van der Waals surface area contributed by atoms with Crippen LogP contribution in [0.3, 0.4) is 0 Å². The molecule has 1 fully saturated rings. The first-order valence-electron chi connectivity index (χ1n) is 6.08. The molecule has 5 heteroatoms. The van der Waals surface area contributed by atoms with Gasteiger partial charge in [0.05, 0.1) is 6.61 Å². The van der Waals surface area contributed by atoms with Crippen LogP contribution in [-0.4, -0.2) is 12.5 Å². The van der Waals surface area contributed by atoms with E-state index in [2.05, 4.69) is 21.4 Å². The van der Waals surface area contributed by atoms with Gasteiger partial charge in [0.2, 0.25) is 0 Å². The zero-order valence-corrected chi connectivity index (χ0v) is 11.7.